The largest absolute Gasteiger partial charge is 0.354 e. The van der Waals surface area contributed by atoms with Crippen LogP contribution in [0, 0.1) is 6.92 Å². The van der Waals surface area contributed by atoms with Crippen LogP contribution in [0.4, 0.5) is 5.13 Å². The van der Waals surface area contributed by atoms with E-state index in [4.69, 9.17) is 16.6 Å². The van der Waals surface area contributed by atoms with Crippen LogP contribution in [0.1, 0.15) is 44.1 Å². The summed E-state index contributed by atoms with van der Waals surface area (Å²) in [6.07, 6.45) is 9.31. The van der Waals surface area contributed by atoms with E-state index < -0.39 is 10.0 Å². The molecule has 1 fully saturated rings. The van der Waals surface area contributed by atoms with E-state index in [-0.39, 0.29) is 5.25 Å². The number of fused-ring (bicyclic) bond motifs is 1. The van der Waals surface area contributed by atoms with Crippen LogP contribution in [-0.2, 0) is 16.6 Å². The smallest absolute Gasteiger partial charge is 0.239 e. The molecule has 0 radical (unpaired) electrons. The summed E-state index contributed by atoms with van der Waals surface area (Å²) >= 11 is 7.63. The predicted octanol–water partition coefficient (Wildman–Crippen LogP) is 5.62. The van der Waals surface area contributed by atoms with E-state index in [1.165, 1.54) is 11.3 Å². The SMILES string of the molecule is Cc1cc(Cl)cc2sc(N(CCCn3cccc3)S(=O)(=O)C3CCCCC3)nc12. The van der Waals surface area contributed by atoms with Gasteiger partial charge in [-0.25, -0.2) is 17.7 Å². The van der Waals surface area contributed by atoms with Crippen molar-refractivity contribution in [3.05, 3.63) is 47.2 Å². The average Bonchev–Trinajstić information content (AvgIpc) is 3.35. The highest BCUT2D eigenvalue weighted by molar-refractivity contribution is 7.93. The molecule has 1 aliphatic carbocycles. The van der Waals surface area contributed by atoms with Crippen LogP contribution in [0.2, 0.25) is 5.02 Å². The number of aromatic nitrogens is 2. The fourth-order valence-electron chi connectivity index (χ4n) is 4.04. The summed E-state index contributed by atoms with van der Waals surface area (Å²) < 4.78 is 31.7. The molecule has 156 valence electrons. The van der Waals surface area contributed by atoms with Crippen LogP contribution in [0.5, 0.6) is 0 Å². The molecule has 0 atom stereocenters. The Morgan fingerprint density at radius 2 is 1.93 bits per heavy atom. The lowest BCUT2D eigenvalue weighted by molar-refractivity contribution is 0.480. The molecular weight excluding hydrogens is 426 g/mol. The Morgan fingerprint density at radius 1 is 1.21 bits per heavy atom. The Balaban J connectivity index is 1.66. The van der Waals surface area contributed by atoms with E-state index >= 15 is 0 Å². The fraction of sp³-hybridized carbons (Fsp3) is 0.476. The van der Waals surface area contributed by atoms with E-state index in [0.29, 0.717) is 16.7 Å². The molecule has 1 aliphatic rings. The van der Waals surface area contributed by atoms with Gasteiger partial charge in [0, 0.05) is 30.5 Å². The molecule has 4 rings (SSSR count). The van der Waals surface area contributed by atoms with Crippen molar-refractivity contribution in [1.82, 2.24) is 9.55 Å². The first kappa shape index (κ1) is 20.7. The van der Waals surface area contributed by atoms with Gasteiger partial charge in [-0.1, -0.05) is 42.2 Å². The van der Waals surface area contributed by atoms with Crippen LogP contribution >= 0.6 is 22.9 Å². The zero-order valence-electron chi connectivity index (χ0n) is 16.6. The summed E-state index contributed by atoms with van der Waals surface area (Å²) in [5.41, 5.74) is 1.81. The second-order valence-electron chi connectivity index (χ2n) is 7.72. The number of halogens is 1. The van der Waals surface area contributed by atoms with E-state index in [9.17, 15) is 8.42 Å². The molecule has 0 bridgehead atoms. The fourth-order valence-corrected chi connectivity index (χ4v) is 7.75. The average molecular weight is 452 g/mol. The summed E-state index contributed by atoms with van der Waals surface area (Å²) in [5.74, 6) is 0. The van der Waals surface area contributed by atoms with Crippen molar-refractivity contribution >= 4 is 48.3 Å². The third kappa shape index (κ3) is 4.47. The number of rotatable bonds is 7. The van der Waals surface area contributed by atoms with Crippen molar-refractivity contribution in [2.75, 3.05) is 10.8 Å². The minimum Gasteiger partial charge on any atom is -0.354 e. The summed E-state index contributed by atoms with van der Waals surface area (Å²) in [4.78, 5) is 4.73. The molecule has 5 nitrogen and oxygen atoms in total. The predicted molar refractivity (Wildman–Crippen MR) is 122 cm³/mol. The van der Waals surface area contributed by atoms with E-state index in [1.807, 2.05) is 43.6 Å². The Kier molecular flexibility index (Phi) is 6.18. The number of benzene rings is 1. The topological polar surface area (TPSA) is 55.2 Å². The Bertz CT molecular complexity index is 1070. The lowest BCUT2D eigenvalue weighted by atomic mass is 10.0. The third-order valence-electron chi connectivity index (χ3n) is 5.58. The van der Waals surface area contributed by atoms with Crippen molar-refractivity contribution in [3.8, 4) is 0 Å². The van der Waals surface area contributed by atoms with Gasteiger partial charge in [0.2, 0.25) is 10.0 Å². The molecule has 2 aromatic heterocycles. The maximum atomic E-state index is 13.6. The number of thiazole rings is 1. The Hall–Kier alpha value is -1.57. The van der Waals surface area contributed by atoms with Crippen LogP contribution in [-0.4, -0.2) is 29.8 Å². The monoisotopic (exact) mass is 451 g/mol. The molecule has 1 aromatic carbocycles. The van der Waals surface area contributed by atoms with Gasteiger partial charge in [0.15, 0.2) is 5.13 Å². The van der Waals surface area contributed by atoms with Gasteiger partial charge in [0.05, 0.1) is 15.5 Å². The molecule has 0 aliphatic heterocycles. The second kappa shape index (κ2) is 8.66. The van der Waals surface area contributed by atoms with Gasteiger partial charge in [0.1, 0.15) is 0 Å². The third-order valence-corrected chi connectivity index (χ3v) is 9.22. The van der Waals surface area contributed by atoms with Gasteiger partial charge >= 0.3 is 0 Å². The Morgan fingerprint density at radius 3 is 2.66 bits per heavy atom. The van der Waals surface area contributed by atoms with E-state index in [2.05, 4.69) is 4.57 Å². The number of sulfonamides is 1. The number of nitrogens with zero attached hydrogens (tertiary/aromatic N) is 3. The minimum absolute atomic E-state index is 0.306. The van der Waals surface area contributed by atoms with E-state index in [1.54, 1.807) is 4.31 Å². The maximum absolute atomic E-state index is 13.6. The molecule has 2 heterocycles. The highest BCUT2D eigenvalue weighted by Gasteiger charge is 2.34. The normalized spacial score (nSPS) is 15.8. The maximum Gasteiger partial charge on any atom is 0.239 e. The van der Waals surface area contributed by atoms with Crippen molar-refractivity contribution in [2.24, 2.45) is 0 Å². The van der Waals surface area contributed by atoms with Gasteiger partial charge < -0.3 is 4.57 Å². The highest BCUT2D eigenvalue weighted by atomic mass is 35.5. The van der Waals surface area contributed by atoms with Crippen LogP contribution < -0.4 is 4.31 Å². The van der Waals surface area contributed by atoms with Gasteiger partial charge in [-0.3, -0.25) is 0 Å². The van der Waals surface area contributed by atoms with Crippen molar-refractivity contribution in [3.63, 3.8) is 0 Å². The summed E-state index contributed by atoms with van der Waals surface area (Å²) in [6, 6.07) is 7.71. The molecule has 29 heavy (non-hydrogen) atoms. The molecule has 0 saturated heterocycles. The molecule has 0 spiro atoms. The van der Waals surface area contributed by atoms with Crippen LogP contribution in [0.15, 0.2) is 36.7 Å². The first-order valence-electron chi connectivity index (χ1n) is 10.1. The number of hydrogen-bond acceptors (Lipinski definition) is 4. The molecular formula is C21H26ClN3O2S2. The molecule has 0 N–H and O–H groups in total. The molecule has 8 heteroatoms. The summed E-state index contributed by atoms with van der Waals surface area (Å²) in [7, 11) is -3.45. The first-order valence-corrected chi connectivity index (χ1v) is 12.8. The van der Waals surface area contributed by atoms with Crippen molar-refractivity contribution < 1.29 is 8.42 Å². The number of aryl methyl sites for hydroxylation is 2. The van der Waals surface area contributed by atoms with Crippen molar-refractivity contribution in [1.29, 1.82) is 0 Å². The zero-order valence-corrected chi connectivity index (χ0v) is 18.9. The van der Waals surface area contributed by atoms with Crippen LogP contribution in [0.25, 0.3) is 10.2 Å². The van der Waals surface area contributed by atoms with Gasteiger partial charge in [-0.2, -0.15) is 0 Å². The highest BCUT2D eigenvalue weighted by Crippen LogP contribution is 2.36. The first-order chi connectivity index (χ1) is 13.9. The Labute approximate surface area is 181 Å². The lowest BCUT2D eigenvalue weighted by Gasteiger charge is -2.29. The van der Waals surface area contributed by atoms with Gasteiger partial charge in [0.25, 0.3) is 0 Å². The molecule has 3 aromatic rings. The quantitative estimate of drug-likeness (QED) is 0.468. The number of hydrogen-bond donors (Lipinski definition) is 0. The standard InChI is InChI=1S/C21H26ClN3O2S2/c1-16-14-17(22)15-19-20(16)23-21(28-19)25(13-7-12-24-10-5-6-11-24)29(26,27)18-8-3-2-4-9-18/h5-6,10-11,14-15,18H,2-4,7-9,12-13H2,1H3. The van der Waals surface area contributed by atoms with Crippen LogP contribution in [0.3, 0.4) is 0 Å². The minimum atomic E-state index is -3.45. The van der Waals surface area contributed by atoms with Gasteiger partial charge in [-0.15, -0.1) is 0 Å². The van der Waals surface area contributed by atoms with Gasteiger partial charge in [-0.05, 0) is 56.0 Å². The van der Waals surface area contributed by atoms with Crippen molar-refractivity contribution in [2.45, 2.75) is 57.2 Å². The summed E-state index contributed by atoms with van der Waals surface area (Å²) in [6.45, 7) is 3.17. The van der Waals surface area contributed by atoms with E-state index in [0.717, 1.165) is 60.8 Å². The zero-order chi connectivity index (χ0) is 20.4. The molecule has 0 amide bonds. The summed E-state index contributed by atoms with van der Waals surface area (Å²) in [5, 5.41) is 0.905. The second-order valence-corrected chi connectivity index (χ2v) is 11.3. The lowest BCUT2D eigenvalue weighted by Crippen LogP contribution is -2.40. The number of anilines is 1. The molecule has 0 unspecified atom stereocenters. The molecule has 1 saturated carbocycles.